The average molecular weight is 399 g/mol. The molecule has 150 valence electrons. The molecule has 0 aliphatic carbocycles. The van der Waals surface area contributed by atoms with Gasteiger partial charge in [-0.1, -0.05) is 66.6 Å². The predicted octanol–water partition coefficient (Wildman–Crippen LogP) is 4.09. The van der Waals surface area contributed by atoms with E-state index in [0.29, 0.717) is 18.7 Å². The Morgan fingerprint density at radius 1 is 1.04 bits per heavy atom. The summed E-state index contributed by atoms with van der Waals surface area (Å²) < 4.78 is 0. The molecule has 1 atom stereocenters. The molecule has 4 nitrogen and oxygen atoms in total. The van der Waals surface area contributed by atoms with Gasteiger partial charge in [0.15, 0.2) is 0 Å². The Hall–Kier alpha value is -2.27. The molecule has 0 saturated heterocycles. The van der Waals surface area contributed by atoms with Crippen LogP contribution in [0.1, 0.15) is 35.6 Å². The number of hydrogen-bond acceptors (Lipinski definition) is 3. The Morgan fingerprint density at radius 3 is 2.25 bits per heavy atom. The number of rotatable bonds is 9. The lowest BCUT2D eigenvalue weighted by Gasteiger charge is -2.30. The summed E-state index contributed by atoms with van der Waals surface area (Å²) in [6.45, 7) is 6.55. The van der Waals surface area contributed by atoms with Crippen LogP contribution in [-0.2, 0) is 21.9 Å². The number of carbonyl (C=O) groups excluding carboxylic acids is 2. The van der Waals surface area contributed by atoms with Crippen LogP contribution in [0, 0.1) is 13.8 Å². The van der Waals surface area contributed by atoms with E-state index in [2.05, 4.69) is 37.4 Å². The molecule has 28 heavy (non-hydrogen) atoms. The first-order valence-corrected chi connectivity index (χ1v) is 10.8. The highest BCUT2D eigenvalue weighted by Gasteiger charge is 2.27. The summed E-state index contributed by atoms with van der Waals surface area (Å²) in [4.78, 5) is 27.1. The zero-order chi connectivity index (χ0) is 20.5. The van der Waals surface area contributed by atoms with E-state index in [1.54, 1.807) is 23.7 Å². The van der Waals surface area contributed by atoms with Gasteiger partial charge in [-0.05, 0) is 31.4 Å². The molecule has 0 aliphatic rings. The third-order valence-electron chi connectivity index (χ3n) is 4.60. The van der Waals surface area contributed by atoms with Crippen molar-refractivity contribution in [3.05, 3.63) is 70.8 Å². The fourth-order valence-corrected chi connectivity index (χ4v) is 4.20. The Kier molecular flexibility index (Phi) is 8.58. The lowest BCUT2D eigenvalue weighted by molar-refractivity contribution is -0.139. The second-order valence-corrected chi connectivity index (χ2v) is 8.02. The Balaban J connectivity index is 2.07. The number of nitrogens with zero attached hydrogens (tertiary/aromatic N) is 1. The lowest BCUT2D eigenvalue weighted by atomic mass is 10.1. The highest BCUT2D eigenvalue weighted by Crippen LogP contribution is 2.19. The van der Waals surface area contributed by atoms with Crippen molar-refractivity contribution in [2.24, 2.45) is 0 Å². The number of thioether (sulfide) groups is 1. The first kappa shape index (κ1) is 22.0. The molecule has 0 aromatic heterocycles. The molecule has 0 heterocycles. The van der Waals surface area contributed by atoms with E-state index in [9.17, 15) is 9.59 Å². The lowest BCUT2D eigenvalue weighted by Crippen LogP contribution is -2.48. The van der Waals surface area contributed by atoms with Gasteiger partial charge in [0.2, 0.25) is 11.8 Å². The second kappa shape index (κ2) is 10.9. The quantitative estimate of drug-likeness (QED) is 0.692. The second-order valence-electron chi connectivity index (χ2n) is 7.03. The van der Waals surface area contributed by atoms with Crippen molar-refractivity contribution >= 4 is 23.6 Å². The molecule has 2 aromatic rings. The molecule has 2 rings (SSSR count). The molecule has 0 aliphatic heterocycles. The molecular formula is C23H30N2O2S. The predicted molar refractivity (Wildman–Crippen MR) is 117 cm³/mol. The molecule has 1 unspecified atom stereocenters. The highest BCUT2D eigenvalue weighted by atomic mass is 32.2. The van der Waals surface area contributed by atoms with Gasteiger partial charge in [-0.2, -0.15) is 0 Å². The van der Waals surface area contributed by atoms with Crippen LogP contribution in [0.4, 0.5) is 0 Å². The largest absolute Gasteiger partial charge is 0.357 e. The van der Waals surface area contributed by atoms with Gasteiger partial charge in [0.1, 0.15) is 6.04 Å². The number of benzene rings is 2. The number of hydrogen-bond donors (Lipinski definition) is 1. The van der Waals surface area contributed by atoms with Crippen molar-refractivity contribution in [2.75, 3.05) is 12.8 Å². The highest BCUT2D eigenvalue weighted by molar-refractivity contribution is 7.99. The standard InChI is InChI=1S/C23H30N2O2S/c1-5-21(23(27)24-4)25(14-19-9-7-6-8-10-19)22(26)16-28-15-20-12-17(2)11-18(3)13-20/h6-13,21H,5,14-16H2,1-4H3,(H,24,27). The molecule has 2 aromatic carbocycles. The van der Waals surface area contributed by atoms with E-state index in [1.807, 2.05) is 37.3 Å². The van der Waals surface area contributed by atoms with E-state index < -0.39 is 6.04 Å². The molecule has 0 saturated carbocycles. The maximum Gasteiger partial charge on any atom is 0.242 e. The molecule has 0 bridgehead atoms. The minimum absolute atomic E-state index is 0.00585. The molecule has 2 amide bonds. The van der Waals surface area contributed by atoms with Gasteiger partial charge in [-0.15, -0.1) is 11.8 Å². The maximum atomic E-state index is 13.0. The summed E-state index contributed by atoms with van der Waals surface area (Å²) >= 11 is 1.60. The SMILES string of the molecule is CCC(C(=O)NC)N(Cc1ccccc1)C(=O)CSCc1cc(C)cc(C)c1. The van der Waals surface area contributed by atoms with Crippen LogP contribution >= 0.6 is 11.8 Å². The molecule has 5 heteroatoms. The van der Waals surface area contributed by atoms with E-state index in [-0.39, 0.29) is 11.8 Å². The Bertz CT molecular complexity index is 772. The first-order chi connectivity index (χ1) is 13.4. The number of nitrogens with one attached hydrogen (secondary N) is 1. The van der Waals surface area contributed by atoms with Crippen molar-refractivity contribution in [2.45, 2.75) is 45.5 Å². The van der Waals surface area contributed by atoms with E-state index in [1.165, 1.54) is 16.7 Å². The summed E-state index contributed by atoms with van der Waals surface area (Å²) in [5.41, 5.74) is 4.72. The fraction of sp³-hybridized carbons (Fsp3) is 0.391. The van der Waals surface area contributed by atoms with Gasteiger partial charge in [0.05, 0.1) is 5.75 Å². The van der Waals surface area contributed by atoms with Gasteiger partial charge in [-0.25, -0.2) is 0 Å². The van der Waals surface area contributed by atoms with Crippen molar-refractivity contribution in [3.63, 3.8) is 0 Å². The fourth-order valence-electron chi connectivity index (χ4n) is 3.36. The normalized spacial score (nSPS) is 11.7. The number of carbonyl (C=O) groups is 2. The third-order valence-corrected chi connectivity index (χ3v) is 5.59. The van der Waals surface area contributed by atoms with Gasteiger partial charge in [0, 0.05) is 19.3 Å². The monoisotopic (exact) mass is 398 g/mol. The summed E-state index contributed by atoms with van der Waals surface area (Å²) in [7, 11) is 1.62. The van der Waals surface area contributed by atoms with Crippen molar-refractivity contribution in [1.29, 1.82) is 0 Å². The Labute approximate surface area is 172 Å². The van der Waals surface area contributed by atoms with Crippen LogP contribution in [-0.4, -0.2) is 35.6 Å². The smallest absolute Gasteiger partial charge is 0.242 e. The van der Waals surface area contributed by atoms with E-state index in [0.717, 1.165) is 11.3 Å². The first-order valence-electron chi connectivity index (χ1n) is 9.64. The maximum absolute atomic E-state index is 13.0. The van der Waals surface area contributed by atoms with Crippen LogP contribution in [0.3, 0.4) is 0 Å². The summed E-state index contributed by atoms with van der Waals surface area (Å²) in [6.07, 6.45) is 0.583. The van der Waals surface area contributed by atoms with Crippen LogP contribution in [0.25, 0.3) is 0 Å². The number of aryl methyl sites for hydroxylation is 2. The van der Waals surface area contributed by atoms with Crippen LogP contribution in [0.2, 0.25) is 0 Å². The molecule has 1 N–H and O–H groups in total. The number of likely N-dealkylation sites (N-methyl/N-ethyl adjacent to an activating group) is 1. The topological polar surface area (TPSA) is 49.4 Å². The van der Waals surface area contributed by atoms with Crippen LogP contribution < -0.4 is 5.32 Å². The van der Waals surface area contributed by atoms with Crippen molar-refractivity contribution in [3.8, 4) is 0 Å². The summed E-state index contributed by atoms with van der Waals surface area (Å²) in [6, 6.07) is 15.8. The minimum Gasteiger partial charge on any atom is -0.357 e. The average Bonchev–Trinajstić information content (AvgIpc) is 2.67. The van der Waals surface area contributed by atoms with E-state index in [4.69, 9.17) is 0 Å². The van der Waals surface area contributed by atoms with Crippen LogP contribution in [0.15, 0.2) is 48.5 Å². The van der Waals surface area contributed by atoms with Gasteiger partial charge in [-0.3, -0.25) is 9.59 Å². The molecule has 0 radical (unpaired) electrons. The van der Waals surface area contributed by atoms with Gasteiger partial charge in [0.25, 0.3) is 0 Å². The van der Waals surface area contributed by atoms with Crippen LogP contribution in [0.5, 0.6) is 0 Å². The molecule has 0 spiro atoms. The summed E-state index contributed by atoms with van der Waals surface area (Å²) in [5, 5.41) is 2.69. The van der Waals surface area contributed by atoms with Crippen molar-refractivity contribution < 1.29 is 9.59 Å². The third kappa shape index (κ3) is 6.41. The zero-order valence-electron chi connectivity index (χ0n) is 17.2. The molecular weight excluding hydrogens is 368 g/mol. The zero-order valence-corrected chi connectivity index (χ0v) is 18.0. The minimum atomic E-state index is -0.459. The van der Waals surface area contributed by atoms with Crippen molar-refractivity contribution in [1.82, 2.24) is 10.2 Å². The van der Waals surface area contributed by atoms with E-state index >= 15 is 0 Å². The van der Waals surface area contributed by atoms with Gasteiger partial charge < -0.3 is 10.2 Å². The Morgan fingerprint density at radius 2 is 1.68 bits per heavy atom. The number of amides is 2. The van der Waals surface area contributed by atoms with Gasteiger partial charge >= 0.3 is 0 Å². The summed E-state index contributed by atoms with van der Waals surface area (Å²) in [5.74, 6) is 1.01. The molecule has 0 fully saturated rings.